The molecule has 0 aliphatic carbocycles. The van der Waals surface area contributed by atoms with Crippen LogP contribution in [0.2, 0.25) is 0 Å². The van der Waals surface area contributed by atoms with Gasteiger partial charge in [0.2, 0.25) is 0 Å². The summed E-state index contributed by atoms with van der Waals surface area (Å²) in [4.78, 5) is 0. The van der Waals surface area contributed by atoms with Crippen LogP contribution in [-0.4, -0.2) is 12.4 Å². The Balaban J connectivity index is 3.38. The summed E-state index contributed by atoms with van der Waals surface area (Å²) >= 11 is 0. The molecule has 0 aromatic heterocycles. The van der Waals surface area contributed by atoms with E-state index in [2.05, 4.69) is 33.0 Å². The number of hydrogen-bond acceptors (Lipinski definition) is 1. The Hall–Kier alpha value is -0.530. The van der Waals surface area contributed by atoms with Crippen LogP contribution < -0.4 is 5.32 Å². The van der Waals surface area contributed by atoms with Crippen LogP contribution in [0.25, 0.3) is 0 Å². The first-order chi connectivity index (χ1) is 5.02. The van der Waals surface area contributed by atoms with E-state index in [0.717, 1.165) is 13.0 Å². The zero-order valence-electron chi connectivity index (χ0n) is 8.07. The van der Waals surface area contributed by atoms with Gasteiger partial charge < -0.3 is 5.32 Å². The molecule has 0 amide bonds. The van der Waals surface area contributed by atoms with E-state index < -0.39 is 0 Å². The Morgan fingerprint density at radius 3 is 2.09 bits per heavy atom. The van der Waals surface area contributed by atoms with Crippen LogP contribution in [0.1, 0.15) is 34.1 Å². The van der Waals surface area contributed by atoms with Gasteiger partial charge in [0, 0.05) is 13.0 Å². The number of amidine groups is 1. The fourth-order valence-electron chi connectivity index (χ4n) is 0.808. The van der Waals surface area contributed by atoms with E-state index in [1.54, 1.807) is 0 Å². The van der Waals surface area contributed by atoms with Crippen molar-refractivity contribution in [3.8, 4) is 0 Å². The minimum absolute atomic E-state index is 0.585. The summed E-state index contributed by atoms with van der Waals surface area (Å²) in [6.45, 7) is 9.48. The van der Waals surface area contributed by atoms with Gasteiger partial charge in [0.05, 0.1) is 5.84 Å². The van der Waals surface area contributed by atoms with Gasteiger partial charge in [0.1, 0.15) is 0 Å². The van der Waals surface area contributed by atoms with Crippen LogP contribution in [0.5, 0.6) is 0 Å². The first-order valence-electron chi connectivity index (χ1n) is 4.33. The molecule has 66 valence electrons. The van der Waals surface area contributed by atoms with Crippen LogP contribution >= 0.6 is 0 Å². The number of hydrogen-bond donors (Lipinski definition) is 2. The van der Waals surface area contributed by atoms with Crippen LogP contribution in [0.4, 0.5) is 0 Å². The van der Waals surface area contributed by atoms with Gasteiger partial charge in [0.15, 0.2) is 0 Å². The molecule has 0 unspecified atom stereocenters. The average Bonchev–Trinajstić information content (AvgIpc) is 1.82. The molecule has 0 aliphatic rings. The van der Waals surface area contributed by atoms with Crippen molar-refractivity contribution in [2.45, 2.75) is 34.1 Å². The SMILES string of the molecule is CC(C)CNC(=N)CC(C)C. The van der Waals surface area contributed by atoms with Crippen molar-refractivity contribution in [2.24, 2.45) is 11.8 Å². The molecule has 0 aliphatic heterocycles. The largest absolute Gasteiger partial charge is 0.374 e. The van der Waals surface area contributed by atoms with Gasteiger partial charge in [-0.1, -0.05) is 27.7 Å². The highest BCUT2D eigenvalue weighted by Gasteiger charge is 2.00. The third-order valence-corrected chi connectivity index (χ3v) is 1.34. The molecule has 0 fully saturated rings. The highest BCUT2D eigenvalue weighted by Crippen LogP contribution is 1.98. The molecule has 0 spiro atoms. The van der Waals surface area contributed by atoms with Gasteiger partial charge in [0.25, 0.3) is 0 Å². The summed E-state index contributed by atoms with van der Waals surface area (Å²) in [7, 11) is 0. The van der Waals surface area contributed by atoms with E-state index in [0.29, 0.717) is 17.7 Å². The van der Waals surface area contributed by atoms with Crippen molar-refractivity contribution in [3.05, 3.63) is 0 Å². The molecule has 2 heteroatoms. The molecular weight excluding hydrogens is 136 g/mol. The Bertz CT molecular complexity index is 117. The molecule has 0 radical (unpaired) electrons. The molecule has 0 aromatic rings. The summed E-state index contributed by atoms with van der Waals surface area (Å²) in [5.74, 6) is 1.89. The fourth-order valence-corrected chi connectivity index (χ4v) is 0.808. The predicted molar refractivity (Wildman–Crippen MR) is 50.0 cm³/mol. The van der Waals surface area contributed by atoms with E-state index in [-0.39, 0.29) is 0 Å². The van der Waals surface area contributed by atoms with E-state index in [9.17, 15) is 0 Å². The Kier molecular flexibility index (Phi) is 4.92. The third-order valence-electron chi connectivity index (χ3n) is 1.34. The maximum Gasteiger partial charge on any atom is 0.0934 e. The van der Waals surface area contributed by atoms with Gasteiger partial charge in [-0.25, -0.2) is 0 Å². The van der Waals surface area contributed by atoms with E-state index >= 15 is 0 Å². The normalized spacial score (nSPS) is 10.7. The Morgan fingerprint density at radius 1 is 1.18 bits per heavy atom. The van der Waals surface area contributed by atoms with Crippen LogP contribution in [0, 0.1) is 17.2 Å². The molecule has 0 rings (SSSR count). The molecule has 0 saturated heterocycles. The monoisotopic (exact) mass is 156 g/mol. The summed E-state index contributed by atoms with van der Waals surface area (Å²) in [6.07, 6.45) is 0.868. The molecule has 0 atom stereocenters. The predicted octanol–water partition coefficient (Wildman–Crippen LogP) is 2.26. The number of rotatable bonds is 4. The lowest BCUT2D eigenvalue weighted by atomic mass is 10.1. The van der Waals surface area contributed by atoms with Crippen molar-refractivity contribution >= 4 is 5.84 Å². The minimum Gasteiger partial charge on any atom is -0.374 e. The van der Waals surface area contributed by atoms with E-state index in [4.69, 9.17) is 5.41 Å². The van der Waals surface area contributed by atoms with Crippen LogP contribution in [0.3, 0.4) is 0 Å². The third kappa shape index (κ3) is 7.37. The van der Waals surface area contributed by atoms with Gasteiger partial charge in [-0.3, -0.25) is 5.41 Å². The standard InChI is InChI=1S/C9H20N2/c1-7(2)5-9(10)11-6-8(3)4/h7-8H,5-6H2,1-4H3,(H2,10,11). The van der Waals surface area contributed by atoms with Crippen LogP contribution in [0.15, 0.2) is 0 Å². The molecule has 0 bridgehead atoms. The van der Waals surface area contributed by atoms with Crippen LogP contribution in [-0.2, 0) is 0 Å². The molecule has 0 heterocycles. The lowest BCUT2D eigenvalue weighted by Crippen LogP contribution is -2.27. The maximum absolute atomic E-state index is 7.50. The van der Waals surface area contributed by atoms with E-state index in [1.165, 1.54) is 0 Å². The van der Waals surface area contributed by atoms with Crippen molar-refractivity contribution in [2.75, 3.05) is 6.54 Å². The second-order valence-corrected chi connectivity index (χ2v) is 3.85. The van der Waals surface area contributed by atoms with Gasteiger partial charge >= 0.3 is 0 Å². The topological polar surface area (TPSA) is 35.9 Å². The second kappa shape index (κ2) is 5.16. The zero-order valence-corrected chi connectivity index (χ0v) is 8.07. The molecule has 0 saturated carbocycles. The minimum atomic E-state index is 0.585. The second-order valence-electron chi connectivity index (χ2n) is 3.85. The Labute approximate surface area is 69.9 Å². The zero-order chi connectivity index (χ0) is 8.85. The summed E-state index contributed by atoms with van der Waals surface area (Å²) in [5, 5.41) is 10.6. The Morgan fingerprint density at radius 2 is 1.73 bits per heavy atom. The first kappa shape index (κ1) is 10.5. The highest BCUT2D eigenvalue weighted by atomic mass is 14.9. The van der Waals surface area contributed by atoms with Crippen molar-refractivity contribution < 1.29 is 0 Å². The molecular formula is C9H20N2. The molecule has 0 aromatic carbocycles. The smallest absolute Gasteiger partial charge is 0.0934 e. The van der Waals surface area contributed by atoms with E-state index in [1.807, 2.05) is 0 Å². The number of nitrogens with one attached hydrogen (secondary N) is 2. The van der Waals surface area contributed by atoms with Gasteiger partial charge in [-0.2, -0.15) is 0 Å². The maximum atomic E-state index is 7.50. The highest BCUT2D eigenvalue weighted by molar-refractivity contribution is 5.78. The van der Waals surface area contributed by atoms with Gasteiger partial charge in [-0.15, -0.1) is 0 Å². The van der Waals surface area contributed by atoms with Crippen molar-refractivity contribution in [3.63, 3.8) is 0 Å². The lowest BCUT2D eigenvalue weighted by molar-refractivity contribution is 0.602. The van der Waals surface area contributed by atoms with Crippen molar-refractivity contribution in [1.29, 1.82) is 5.41 Å². The average molecular weight is 156 g/mol. The molecule has 2 N–H and O–H groups in total. The molecule has 2 nitrogen and oxygen atoms in total. The fraction of sp³-hybridized carbons (Fsp3) is 0.889. The lowest BCUT2D eigenvalue weighted by Gasteiger charge is -2.11. The van der Waals surface area contributed by atoms with Gasteiger partial charge in [-0.05, 0) is 11.8 Å². The quantitative estimate of drug-likeness (QED) is 0.475. The summed E-state index contributed by atoms with van der Waals surface area (Å²) in [5.41, 5.74) is 0. The van der Waals surface area contributed by atoms with Crippen molar-refractivity contribution in [1.82, 2.24) is 5.32 Å². The molecule has 11 heavy (non-hydrogen) atoms. The summed E-state index contributed by atoms with van der Waals surface area (Å²) < 4.78 is 0. The first-order valence-corrected chi connectivity index (χ1v) is 4.33. The summed E-state index contributed by atoms with van der Waals surface area (Å²) in [6, 6.07) is 0.